The topological polar surface area (TPSA) is 84.4 Å². The predicted octanol–water partition coefficient (Wildman–Crippen LogP) is 1.86. The van der Waals surface area contributed by atoms with Crippen LogP contribution in [0.5, 0.6) is 0 Å². The maximum absolute atomic E-state index is 12.5. The van der Waals surface area contributed by atoms with Crippen LogP contribution in [0.4, 0.5) is 5.82 Å². The largest absolute Gasteiger partial charge is 0.378 e. The van der Waals surface area contributed by atoms with E-state index in [-0.39, 0.29) is 11.4 Å². The zero-order valence-electron chi connectivity index (χ0n) is 13.8. The van der Waals surface area contributed by atoms with Crippen LogP contribution in [0.25, 0.3) is 0 Å². The van der Waals surface area contributed by atoms with Crippen molar-refractivity contribution in [1.82, 2.24) is 14.7 Å². The molecule has 1 aliphatic rings. The zero-order chi connectivity index (χ0) is 17.9. The van der Waals surface area contributed by atoms with Crippen molar-refractivity contribution in [3.05, 3.63) is 46.3 Å². The lowest BCUT2D eigenvalue weighted by atomic mass is 10.3. The molecule has 1 saturated heterocycles. The van der Waals surface area contributed by atoms with Gasteiger partial charge >= 0.3 is 0 Å². The molecule has 0 atom stereocenters. The van der Waals surface area contributed by atoms with Crippen molar-refractivity contribution in [3.63, 3.8) is 0 Å². The third-order valence-electron chi connectivity index (χ3n) is 3.77. The SMILES string of the molecule is Cc1cc(N2CCOCC2)nc(CNS(=O)(=O)c2ccccc2Br)n1. The Morgan fingerprint density at radius 3 is 2.68 bits per heavy atom. The molecular weight excluding hydrogens is 408 g/mol. The summed E-state index contributed by atoms with van der Waals surface area (Å²) in [7, 11) is -3.65. The minimum Gasteiger partial charge on any atom is -0.378 e. The summed E-state index contributed by atoms with van der Waals surface area (Å²) in [5, 5.41) is 0. The van der Waals surface area contributed by atoms with Crippen LogP contribution < -0.4 is 9.62 Å². The van der Waals surface area contributed by atoms with Crippen LogP contribution in [-0.2, 0) is 21.3 Å². The van der Waals surface area contributed by atoms with Crippen LogP contribution in [-0.4, -0.2) is 44.7 Å². The quantitative estimate of drug-likeness (QED) is 0.785. The molecule has 0 spiro atoms. The number of hydrogen-bond acceptors (Lipinski definition) is 6. The number of halogens is 1. The molecule has 1 fully saturated rings. The standard InChI is InChI=1S/C16H19BrN4O3S/c1-12-10-16(21-6-8-24-9-7-21)20-15(19-12)11-18-25(22,23)14-5-3-2-4-13(14)17/h2-5,10,18H,6-9,11H2,1H3. The molecule has 0 amide bonds. The Hall–Kier alpha value is -1.55. The number of aromatic nitrogens is 2. The summed E-state index contributed by atoms with van der Waals surface area (Å²) in [5.74, 6) is 1.24. The van der Waals surface area contributed by atoms with Crippen LogP contribution in [0.1, 0.15) is 11.5 Å². The van der Waals surface area contributed by atoms with Gasteiger partial charge in [-0.05, 0) is 35.0 Å². The van der Waals surface area contributed by atoms with Crippen molar-refractivity contribution in [2.24, 2.45) is 0 Å². The third-order valence-corrected chi connectivity index (χ3v) is 6.18. The molecular formula is C16H19BrN4O3S. The normalized spacial score (nSPS) is 15.4. The number of hydrogen-bond donors (Lipinski definition) is 1. The van der Waals surface area contributed by atoms with Crippen LogP contribution in [0, 0.1) is 6.92 Å². The average molecular weight is 427 g/mol. The summed E-state index contributed by atoms with van der Waals surface area (Å²) in [6.45, 7) is 4.75. The highest BCUT2D eigenvalue weighted by Gasteiger charge is 2.18. The van der Waals surface area contributed by atoms with Crippen LogP contribution in [0.3, 0.4) is 0 Å². The van der Waals surface area contributed by atoms with Crippen molar-refractivity contribution in [2.45, 2.75) is 18.4 Å². The number of anilines is 1. The summed E-state index contributed by atoms with van der Waals surface area (Å²) in [6.07, 6.45) is 0. The van der Waals surface area contributed by atoms with Crippen molar-refractivity contribution in [1.29, 1.82) is 0 Å². The number of nitrogens with one attached hydrogen (secondary N) is 1. The van der Waals surface area contributed by atoms with Crippen LogP contribution in [0.2, 0.25) is 0 Å². The van der Waals surface area contributed by atoms with Crippen LogP contribution in [0.15, 0.2) is 39.7 Å². The molecule has 7 nitrogen and oxygen atoms in total. The molecule has 3 rings (SSSR count). The Kier molecular flexibility index (Phi) is 5.67. The van der Waals surface area contributed by atoms with E-state index in [0.717, 1.165) is 24.6 Å². The van der Waals surface area contributed by atoms with Gasteiger partial charge in [0.2, 0.25) is 10.0 Å². The lowest BCUT2D eigenvalue weighted by Gasteiger charge is -2.28. The molecule has 0 saturated carbocycles. The van der Waals surface area contributed by atoms with Gasteiger partial charge in [0.05, 0.1) is 24.7 Å². The van der Waals surface area contributed by atoms with Gasteiger partial charge in [0, 0.05) is 29.3 Å². The van der Waals surface area contributed by atoms with E-state index in [1.54, 1.807) is 24.3 Å². The second-order valence-electron chi connectivity index (χ2n) is 5.64. The second-order valence-corrected chi connectivity index (χ2v) is 8.23. The van der Waals surface area contributed by atoms with Crippen molar-refractivity contribution >= 4 is 31.8 Å². The zero-order valence-corrected chi connectivity index (χ0v) is 16.2. The van der Waals surface area contributed by atoms with Crippen molar-refractivity contribution in [2.75, 3.05) is 31.2 Å². The first kappa shape index (κ1) is 18.2. The maximum atomic E-state index is 12.5. The van der Waals surface area contributed by atoms with Gasteiger partial charge in [0.1, 0.15) is 11.6 Å². The van der Waals surface area contributed by atoms with Gasteiger partial charge < -0.3 is 9.64 Å². The molecule has 0 aliphatic carbocycles. The van der Waals surface area contributed by atoms with Gasteiger partial charge in [-0.2, -0.15) is 0 Å². The smallest absolute Gasteiger partial charge is 0.242 e. The number of nitrogens with zero attached hydrogens (tertiary/aromatic N) is 3. The van der Waals surface area contributed by atoms with Gasteiger partial charge in [-0.1, -0.05) is 12.1 Å². The molecule has 25 heavy (non-hydrogen) atoms. The summed E-state index contributed by atoms with van der Waals surface area (Å²) in [5.41, 5.74) is 0.798. The Morgan fingerprint density at radius 2 is 1.96 bits per heavy atom. The molecule has 2 aromatic rings. The summed E-state index contributed by atoms with van der Waals surface area (Å²) >= 11 is 3.26. The number of sulfonamides is 1. The first-order valence-electron chi connectivity index (χ1n) is 7.87. The third kappa shape index (κ3) is 4.55. The summed E-state index contributed by atoms with van der Waals surface area (Å²) < 4.78 is 33.4. The van der Waals surface area contributed by atoms with E-state index in [1.165, 1.54) is 0 Å². The highest BCUT2D eigenvalue weighted by Crippen LogP contribution is 2.21. The minimum absolute atomic E-state index is 0.0304. The fourth-order valence-corrected chi connectivity index (χ4v) is 4.53. The number of benzene rings is 1. The first-order chi connectivity index (χ1) is 12.0. The van der Waals surface area contributed by atoms with Gasteiger partial charge in [0.25, 0.3) is 0 Å². The monoisotopic (exact) mass is 426 g/mol. The molecule has 0 bridgehead atoms. The minimum atomic E-state index is -3.65. The van der Waals surface area contributed by atoms with E-state index in [0.29, 0.717) is 23.5 Å². The number of morpholine rings is 1. The van der Waals surface area contributed by atoms with Gasteiger partial charge in [-0.15, -0.1) is 0 Å². The van der Waals surface area contributed by atoms with Crippen molar-refractivity contribution < 1.29 is 13.2 Å². The van der Waals surface area contributed by atoms with Gasteiger partial charge in [0.15, 0.2) is 0 Å². The molecule has 1 N–H and O–H groups in total. The molecule has 0 radical (unpaired) electrons. The molecule has 9 heteroatoms. The van der Waals surface area contributed by atoms with Crippen molar-refractivity contribution in [3.8, 4) is 0 Å². The summed E-state index contributed by atoms with van der Waals surface area (Å²) in [4.78, 5) is 11.1. The lowest BCUT2D eigenvalue weighted by molar-refractivity contribution is 0.122. The number of ether oxygens (including phenoxy) is 1. The fourth-order valence-electron chi connectivity index (χ4n) is 2.55. The molecule has 1 aliphatic heterocycles. The van der Waals surface area contributed by atoms with Crippen LogP contribution >= 0.6 is 15.9 Å². The molecule has 2 heterocycles. The number of aryl methyl sites for hydroxylation is 1. The second kappa shape index (κ2) is 7.77. The summed E-state index contributed by atoms with van der Waals surface area (Å²) in [6, 6.07) is 8.58. The predicted molar refractivity (Wildman–Crippen MR) is 98.0 cm³/mol. The van der Waals surface area contributed by atoms with E-state index in [2.05, 4.69) is 35.5 Å². The first-order valence-corrected chi connectivity index (χ1v) is 10.1. The van der Waals surface area contributed by atoms with Gasteiger partial charge in [-0.25, -0.2) is 23.1 Å². The molecule has 0 unspecified atom stereocenters. The lowest BCUT2D eigenvalue weighted by Crippen LogP contribution is -2.37. The average Bonchev–Trinajstić information content (AvgIpc) is 2.61. The number of rotatable bonds is 5. The fraction of sp³-hybridized carbons (Fsp3) is 0.375. The van der Waals surface area contributed by atoms with E-state index in [9.17, 15) is 8.42 Å². The highest BCUT2D eigenvalue weighted by atomic mass is 79.9. The molecule has 134 valence electrons. The van der Waals surface area contributed by atoms with E-state index in [4.69, 9.17) is 4.74 Å². The van der Waals surface area contributed by atoms with Gasteiger partial charge in [-0.3, -0.25) is 0 Å². The Labute approximate surface area is 155 Å². The Morgan fingerprint density at radius 1 is 1.24 bits per heavy atom. The highest BCUT2D eigenvalue weighted by molar-refractivity contribution is 9.10. The van der Waals surface area contributed by atoms with E-state index in [1.807, 2.05) is 13.0 Å². The Balaban J connectivity index is 1.77. The Bertz CT molecular complexity index is 854. The molecule has 1 aromatic heterocycles. The molecule has 1 aromatic carbocycles. The van der Waals surface area contributed by atoms with E-state index >= 15 is 0 Å². The van der Waals surface area contributed by atoms with E-state index < -0.39 is 10.0 Å². The maximum Gasteiger partial charge on any atom is 0.242 e.